The van der Waals surface area contributed by atoms with E-state index in [1.807, 2.05) is 13.8 Å². The first-order chi connectivity index (χ1) is 7.08. The summed E-state index contributed by atoms with van der Waals surface area (Å²) < 4.78 is 10.4. The molecule has 0 amide bonds. The van der Waals surface area contributed by atoms with Crippen molar-refractivity contribution in [2.45, 2.75) is 31.8 Å². The molecule has 1 aliphatic carbocycles. The molecule has 0 aliphatic heterocycles. The Hall–Kier alpha value is -1.41. The van der Waals surface area contributed by atoms with Crippen LogP contribution in [0.1, 0.15) is 37.9 Å². The van der Waals surface area contributed by atoms with Crippen LogP contribution < -0.4 is 0 Å². The Labute approximate surface area is 88.0 Å². The molecule has 0 aromatic carbocycles. The van der Waals surface area contributed by atoms with Gasteiger partial charge in [-0.15, -0.1) is 0 Å². The highest BCUT2D eigenvalue weighted by atomic mass is 16.5. The van der Waals surface area contributed by atoms with E-state index in [0.717, 1.165) is 6.42 Å². The minimum Gasteiger partial charge on any atom is -0.371 e. The van der Waals surface area contributed by atoms with Gasteiger partial charge in [0.2, 0.25) is 11.7 Å². The third-order valence-corrected chi connectivity index (χ3v) is 2.76. The molecule has 1 aromatic rings. The lowest BCUT2D eigenvalue weighted by Crippen LogP contribution is -2.21. The van der Waals surface area contributed by atoms with Crippen molar-refractivity contribution in [3.05, 3.63) is 11.7 Å². The second kappa shape index (κ2) is 3.31. The van der Waals surface area contributed by atoms with Gasteiger partial charge in [0.05, 0.1) is 17.9 Å². The number of methoxy groups -OCH3 is 1. The smallest absolute Gasteiger partial charge is 0.231 e. The molecule has 0 radical (unpaired) electrons. The fourth-order valence-corrected chi connectivity index (χ4v) is 1.33. The molecule has 1 fully saturated rings. The lowest BCUT2D eigenvalue weighted by Gasteiger charge is -2.17. The van der Waals surface area contributed by atoms with E-state index in [-0.39, 0.29) is 11.8 Å². The van der Waals surface area contributed by atoms with Crippen LogP contribution in [0.15, 0.2) is 4.52 Å². The van der Waals surface area contributed by atoms with Crippen LogP contribution in [0, 0.1) is 17.2 Å². The second-order valence-corrected chi connectivity index (χ2v) is 4.25. The van der Waals surface area contributed by atoms with E-state index in [4.69, 9.17) is 14.5 Å². The van der Waals surface area contributed by atoms with Gasteiger partial charge in [-0.3, -0.25) is 0 Å². The third kappa shape index (κ3) is 1.73. The van der Waals surface area contributed by atoms with E-state index in [9.17, 15) is 0 Å². The zero-order valence-corrected chi connectivity index (χ0v) is 9.02. The average Bonchev–Trinajstić information content (AvgIpc) is 2.85. The van der Waals surface area contributed by atoms with Gasteiger partial charge < -0.3 is 9.26 Å². The van der Waals surface area contributed by atoms with E-state index in [0.29, 0.717) is 11.7 Å². The van der Waals surface area contributed by atoms with E-state index in [1.54, 1.807) is 7.11 Å². The Balaban J connectivity index is 2.16. The standard InChI is InChI=1S/C10H13N3O2/c1-10(2,14-3)9-12-8(15-13-9)7-4-6(7)5-11/h6-7H,4H2,1-3H3. The number of hydrogen-bond acceptors (Lipinski definition) is 5. The molecule has 0 bridgehead atoms. The summed E-state index contributed by atoms with van der Waals surface area (Å²) in [6, 6.07) is 2.19. The monoisotopic (exact) mass is 207 g/mol. The maximum absolute atomic E-state index is 8.69. The Kier molecular flexibility index (Phi) is 2.24. The molecular weight excluding hydrogens is 194 g/mol. The van der Waals surface area contributed by atoms with E-state index in [1.165, 1.54) is 0 Å². The minimum absolute atomic E-state index is 0.0453. The van der Waals surface area contributed by atoms with Gasteiger partial charge in [0.15, 0.2) is 0 Å². The number of nitrogens with zero attached hydrogens (tertiary/aromatic N) is 3. The van der Waals surface area contributed by atoms with Gasteiger partial charge in [-0.25, -0.2) is 0 Å². The molecule has 2 atom stereocenters. The minimum atomic E-state index is -0.543. The van der Waals surface area contributed by atoms with E-state index in [2.05, 4.69) is 16.2 Å². The van der Waals surface area contributed by atoms with Crippen molar-refractivity contribution in [3.63, 3.8) is 0 Å². The van der Waals surface area contributed by atoms with E-state index >= 15 is 0 Å². The Morgan fingerprint density at radius 1 is 1.60 bits per heavy atom. The molecule has 2 unspecified atom stereocenters. The van der Waals surface area contributed by atoms with Gasteiger partial charge in [-0.05, 0) is 20.3 Å². The predicted molar refractivity (Wildman–Crippen MR) is 50.8 cm³/mol. The van der Waals surface area contributed by atoms with Crippen LogP contribution in [0.3, 0.4) is 0 Å². The van der Waals surface area contributed by atoms with Crippen LogP contribution in [0.5, 0.6) is 0 Å². The summed E-state index contributed by atoms with van der Waals surface area (Å²) in [6.07, 6.45) is 0.825. The van der Waals surface area contributed by atoms with Crippen LogP contribution in [0.2, 0.25) is 0 Å². The summed E-state index contributed by atoms with van der Waals surface area (Å²) in [5.41, 5.74) is -0.543. The maximum atomic E-state index is 8.69. The van der Waals surface area contributed by atoms with Crippen LogP contribution in [-0.2, 0) is 10.3 Å². The highest BCUT2D eigenvalue weighted by Gasteiger charge is 2.43. The molecular formula is C10H13N3O2. The fourth-order valence-electron chi connectivity index (χ4n) is 1.33. The van der Waals surface area contributed by atoms with Gasteiger partial charge in [0.25, 0.3) is 0 Å². The number of aromatic nitrogens is 2. The van der Waals surface area contributed by atoms with Crippen LogP contribution in [0.25, 0.3) is 0 Å². The van der Waals surface area contributed by atoms with Gasteiger partial charge >= 0.3 is 0 Å². The zero-order chi connectivity index (χ0) is 11.1. The molecule has 1 aromatic heterocycles. The molecule has 1 aliphatic rings. The normalized spacial score (nSPS) is 24.9. The van der Waals surface area contributed by atoms with Crippen LogP contribution in [0.4, 0.5) is 0 Å². The molecule has 0 N–H and O–H groups in total. The summed E-state index contributed by atoms with van der Waals surface area (Å²) in [4.78, 5) is 4.26. The topological polar surface area (TPSA) is 71.9 Å². The molecule has 2 rings (SSSR count). The average molecular weight is 207 g/mol. The highest BCUT2D eigenvalue weighted by Crippen LogP contribution is 2.46. The Morgan fingerprint density at radius 2 is 2.33 bits per heavy atom. The second-order valence-electron chi connectivity index (χ2n) is 4.25. The molecule has 0 spiro atoms. The lowest BCUT2D eigenvalue weighted by molar-refractivity contribution is 0.00973. The van der Waals surface area contributed by atoms with Gasteiger partial charge in [-0.2, -0.15) is 10.2 Å². The summed E-state index contributed by atoms with van der Waals surface area (Å²) in [6.45, 7) is 3.74. The molecule has 0 saturated heterocycles. The Morgan fingerprint density at radius 3 is 2.87 bits per heavy atom. The van der Waals surface area contributed by atoms with Gasteiger partial charge in [-0.1, -0.05) is 5.16 Å². The van der Waals surface area contributed by atoms with Crippen molar-refractivity contribution in [1.29, 1.82) is 5.26 Å². The summed E-state index contributed by atoms with van der Waals surface area (Å²) in [7, 11) is 1.60. The summed E-state index contributed by atoms with van der Waals surface area (Å²) in [5, 5.41) is 12.6. The van der Waals surface area contributed by atoms with Crippen molar-refractivity contribution >= 4 is 0 Å². The number of nitriles is 1. The molecule has 5 nitrogen and oxygen atoms in total. The largest absolute Gasteiger partial charge is 0.371 e. The van der Waals surface area contributed by atoms with Crippen LogP contribution in [-0.4, -0.2) is 17.3 Å². The van der Waals surface area contributed by atoms with Gasteiger partial charge in [0.1, 0.15) is 5.60 Å². The first kappa shape index (κ1) is 10.1. The molecule has 1 saturated carbocycles. The molecule has 15 heavy (non-hydrogen) atoms. The first-order valence-corrected chi connectivity index (χ1v) is 4.87. The maximum Gasteiger partial charge on any atom is 0.231 e. The third-order valence-electron chi connectivity index (χ3n) is 2.76. The van der Waals surface area contributed by atoms with Crippen molar-refractivity contribution < 1.29 is 9.26 Å². The summed E-state index contributed by atoms with van der Waals surface area (Å²) in [5.74, 6) is 1.26. The first-order valence-electron chi connectivity index (χ1n) is 4.87. The molecule has 1 heterocycles. The number of ether oxygens (including phenoxy) is 1. The van der Waals surface area contributed by atoms with Crippen LogP contribution >= 0.6 is 0 Å². The summed E-state index contributed by atoms with van der Waals surface area (Å²) >= 11 is 0. The van der Waals surface area contributed by atoms with Crippen molar-refractivity contribution in [2.75, 3.05) is 7.11 Å². The van der Waals surface area contributed by atoms with Crippen molar-refractivity contribution in [3.8, 4) is 6.07 Å². The zero-order valence-electron chi connectivity index (χ0n) is 9.02. The molecule has 5 heteroatoms. The predicted octanol–water partition coefficient (Wildman–Crippen LogP) is 1.58. The number of hydrogen-bond donors (Lipinski definition) is 0. The van der Waals surface area contributed by atoms with Crippen molar-refractivity contribution in [1.82, 2.24) is 10.1 Å². The molecule has 80 valence electrons. The Bertz CT molecular complexity index is 405. The fraction of sp³-hybridized carbons (Fsp3) is 0.700. The van der Waals surface area contributed by atoms with E-state index < -0.39 is 5.60 Å². The number of rotatable bonds is 3. The van der Waals surface area contributed by atoms with Crippen molar-refractivity contribution in [2.24, 2.45) is 5.92 Å². The highest BCUT2D eigenvalue weighted by molar-refractivity contribution is 5.16. The lowest BCUT2D eigenvalue weighted by atomic mass is 10.1. The van der Waals surface area contributed by atoms with Gasteiger partial charge in [0, 0.05) is 7.11 Å². The quantitative estimate of drug-likeness (QED) is 0.752. The SMILES string of the molecule is COC(C)(C)c1noc(C2CC2C#N)n1.